The minimum atomic E-state index is -3.63. The number of sulfone groups is 1. The molecule has 136 valence electrons. The molecule has 1 heterocycles. The smallest absolute Gasteiger partial charge is 0.238 e. The van der Waals surface area contributed by atoms with Gasteiger partial charge in [-0.2, -0.15) is 0 Å². The second-order valence-corrected chi connectivity index (χ2v) is 9.27. The Morgan fingerprint density at radius 2 is 1.26 bits per heavy atom. The summed E-state index contributed by atoms with van der Waals surface area (Å²) in [6, 6.07) is 14.2. The van der Waals surface area contributed by atoms with E-state index in [9.17, 15) is 18.0 Å². The number of hydrogen-bond donors (Lipinski definition) is 0. The van der Waals surface area contributed by atoms with E-state index in [0.717, 1.165) is 6.42 Å². The molecule has 1 saturated carbocycles. The molecule has 6 heteroatoms. The lowest BCUT2D eigenvalue weighted by Crippen LogP contribution is -2.32. The van der Waals surface area contributed by atoms with Crippen molar-refractivity contribution in [2.75, 3.05) is 4.90 Å². The molecule has 1 saturated heterocycles. The van der Waals surface area contributed by atoms with Crippen molar-refractivity contribution in [3.05, 3.63) is 66.7 Å². The predicted molar refractivity (Wildman–Crippen MR) is 98.5 cm³/mol. The molecule has 2 bridgehead atoms. The van der Waals surface area contributed by atoms with Gasteiger partial charge in [-0.05, 0) is 54.7 Å². The third-order valence-corrected chi connectivity index (χ3v) is 7.71. The highest BCUT2D eigenvalue weighted by Crippen LogP contribution is 2.53. The first-order valence-electron chi connectivity index (χ1n) is 8.95. The average Bonchev–Trinajstić information content (AvgIpc) is 3.36. The zero-order chi connectivity index (χ0) is 18.8. The average molecular weight is 379 g/mol. The minimum Gasteiger partial charge on any atom is -0.274 e. The molecule has 5 nitrogen and oxygen atoms in total. The van der Waals surface area contributed by atoms with Gasteiger partial charge in [0.2, 0.25) is 21.7 Å². The van der Waals surface area contributed by atoms with E-state index in [1.807, 2.05) is 0 Å². The third-order valence-electron chi connectivity index (χ3n) is 5.93. The number of benzene rings is 2. The van der Waals surface area contributed by atoms with Crippen LogP contribution in [0.5, 0.6) is 0 Å². The van der Waals surface area contributed by atoms with Crippen LogP contribution in [-0.4, -0.2) is 20.2 Å². The Morgan fingerprint density at radius 3 is 1.81 bits per heavy atom. The summed E-state index contributed by atoms with van der Waals surface area (Å²) in [6.45, 7) is 0. The molecule has 2 amide bonds. The van der Waals surface area contributed by atoms with Crippen molar-refractivity contribution < 1.29 is 18.0 Å². The van der Waals surface area contributed by atoms with Gasteiger partial charge in [-0.3, -0.25) is 14.5 Å². The standard InChI is InChI=1S/C21H17NO4S/c23-20-18-13-6-7-14(12-13)19(18)21(24)22(20)15-8-10-17(11-9-15)27(25,26)16-4-2-1-3-5-16/h1-11,13-14,18-19H,12H2/t13-,14+,18+,19-. The van der Waals surface area contributed by atoms with E-state index in [4.69, 9.17) is 0 Å². The number of anilines is 1. The van der Waals surface area contributed by atoms with E-state index in [-0.39, 0.29) is 45.3 Å². The van der Waals surface area contributed by atoms with E-state index < -0.39 is 9.84 Å². The summed E-state index contributed by atoms with van der Waals surface area (Å²) in [5.74, 6) is -0.556. The van der Waals surface area contributed by atoms with Crippen molar-refractivity contribution in [3.8, 4) is 0 Å². The second-order valence-electron chi connectivity index (χ2n) is 7.32. The van der Waals surface area contributed by atoms with E-state index in [1.165, 1.54) is 17.0 Å². The molecule has 1 aliphatic heterocycles. The van der Waals surface area contributed by atoms with Gasteiger partial charge < -0.3 is 0 Å². The second kappa shape index (κ2) is 5.63. The van der Waals surface area contributed by atoms with E-state index in [1.54, 1.807) is 42.5 Å². The van der Waals surface area contributed by atoms with Crippen molar-refractivity contribution in [1.29, 1.82) is 0 Å². The van der Waals surface area contributed by atoms with Gasteiger partial charge in [0.05, 0.1) is 27.3 Å². The van der Waals surface area contributed by atoms with Crippen molar-refractivity contribution >= 4 is 27.3 Å². The molecule has 5 rings (SSSR count). The van der Waals surface area contributed by atoms with Gasteiger partial charge in [0.25, 0.3) is 0 Å². The van der Waals surface area contributed by atoms with Crippen molar-refractivity contribution in [1.82, 2.24) is 0 Å². The highest BCUT2D eigenvalue weighted by molar-refractivity contribution is 7.91. The first kappa shape index (κ1) is 16.4. The molecule has 0 unspecified atom stereocenters. The number of carbonyl (C=O) groups is 2. The van der Waals surface area contributed by atoms with Gasteiger partial charge in [-0.25, -0.2) is 8.42 Å². The van der Waals surface area contributed by atoms with Crippen LogP contribution in [0.2, 0.25) is 0 Å². The molecule has 0 N–H and O–H groups in total. The summed E-state index contributed by atoms with van der Waals surface area (Å²) < 4.78 is 25.4. The number of rotatable bonds is 3. The first-order valence-corrected chi connectivity index (χ1v) is 10.4. The van der Waals surface area contributed by atoms with Crippen LogP contribution >= 0.6 is 0 Å². The zero-order valence-corrected chi connectivity index (χ0v) is 15.2. The van der Waals surface area contributed by atoms with Crippen LogP contribution in [0.15, 0.2) is 76.5 Å². The van der Waals surface area contributed by atoms with Gasteiger partial charge in [0, 0.05) is 0 Å². The van der Waals surface area contributed by atoms with Gasteiger partial charge in [0.15, 0.2) is 0 Å². The van der Waals surface area contributed by atoms with Gasteiger partial charge >= 0.3 is 0 Å². The largest absolute Gasteiger partial charge is 0.274 e. The van der Waals surface area contributed by atoms with E-state index >= 15 is 0 Å². The highest BCUT2D eigenvalue weighted by Gasteiger charge is 2.59. The van der Waals surface area contributed by atoms with E-state index in [0.29, 0.717) is 5.69 Å². The van der Waals surface area contributed by atoms with Gasteiger partial charge in [0.1, 0.15) is 0 Å². The van der Waals surface area contributed by atoms with Crippen LogP contribution < -0.4 is 4.90 Å². The molecule has 27 heavy (non-hydrogen) atoms. The molecule has 3 aliphatic rings. The maximum atomic E-state index is 12.8. The fourth-order valence-corrected chi connectivity index (χ4v) is 5.95. The SMILES string of the molecule is O=C1[C@@H]2[C@H](C(=O)N1c1ccc(S(=O)(=O)c3ccccc3)cc1)[C@H]1C=C[C@@H]2C1. The summed E-state index contributed by atoms with van der Waals surface area (Å²) in [6.07, 6.45) is 4.99. The Balaban J connectivity index is 1.47. The van der Waals surface area contributed by atoms with Crippen LogP contribution in [0.4, 0.5) is 5.69 Å². The summed E-state index contributed by atoms with van der Waals surface area (Å²) in [5, 5.41) is 0. The van der Waals surface area contributed by atoms with Crippen LogP contribution in [-0.2, 0) is 19.4 Å². The Morgan fingerprint density at radius 1 is 0.741 bits per heavy atom. The number of allylic oxidation sites excluding steroid dienone is 2. The summed E-state index contributed by atoms with van der Waals surface area (Å²) in [5.41, 5.74) is 0.436. The molecular weight excluding hydrogens is 362 g/mol. The molecule has 4 atom stereocenters. The topological polar surface area (TPSA) is 71.5 Å². The minimum absolute atomic E-state index is 0.137. The van der Waals surface area contributed by atoms with Crippen molar-refractivity contribution in [2.24, 2.45) is 23.7 Å². The monoisotopic (exact) mass is 379 g/mol. The van der Waals surface area contributed by atoms with Crippen molar-refractivity contribution in [3.63, 3.8) is 0 Å². The normalized spacial score (nSPS) is 28.8. The van der Waals surface area contributed by atoms with Crippen LogP contribution in [0.25, 0.3) is 0 Å². The molecule has 2 fully saturated rings. The van der Waals surface area contributed by atoms with Gasteiger partial charge in [-0.15, -0.1) is 0 Å². The van der Waals surface area contributed by atoms with Crippen LogP contribution in [0, 0.1) is 23.7 Å². The Labute approximate surface area is 157 Å². The number of carbonyl (C=O) groups excluding carboxylic acids is 2. The highest BCUT2D eigenvalue weighted by atomic mass is 32.2. The lowest BCUT2D eigenvalue weighted by atomic mass is 9.85. The van der Waals surface area contributed by atoms with Crippen molar-refractivity contribution in [2.45, 2.75) is 16.2 Å². The fourth-order valence-electron chi connectivity index (χ4n) is 4.67. The Kier molecular flexibility index (Phi) is 3.43. The number of fused-ring (bicyclic) bond motifs is 5. The lowest BCUT2D eigenvalue weighted by molar-refractivity contribution is -0.123. The number of imide groups is 1. The summed E-state index contributed by atoms with van der Waals surface area (Å²) >= 11 is 0. The van der Waals surface area contributed by atoms with Crippen LogP contribution in [0.3, 0.4) is 0 Å². The van der Waals surface area contributed by atoms with Crippen LogP contribution in [0.1, 0.15) is 6.42 Å². The zero-order valence-electron chi connectivity index (χ0n) is 14.4. The molecule has 2 aliphatic carbocycles. The summed E-state index contributed by atoms with van der Waals surface area (Å²) in [7, 11) is -3.63. The molecule has 0 radical (unpaired) electrons. The Hall–Kier alpha value is -2.73. The first-order chi connectivity index (χ1) is 13.0. The van der Waals surface area contributed by atoms with Gasteiger partial charge in [-0.1, -0.05) is 30.4 Å². The predicted octanol–water partition coefficient (Wildman–Crippen LogP) is 2.83. The molecule has 2 aromatic carbocycles. The molecule has 2 aromatic rings. The maximum absolute atomic E-state index is 12.8. The Bertz CT molecular complexity index is 1040. The maximum Gasteiger partial charge on any atom is 0.238 e. The molecule has 0 aromatic heterocycles. The molecular formula is C21H17NO4S. The number of amides is 2. The number of hydrogen-bond acceptors (Lipinski definition) is 4. The lowest BCUT2D eigenvalue weighted by Gasteiger charge is -2.17. The van der Waals surface area contributed by atoms with E-state index in [2.05, 4.69) is 12.2 Å². The fraction of sp³-hybridized carbons (Fsp3) is 0.238. The quantitative estimate of drug-likeness (QED) is 0.607. The molecule has 0 spiro atoms. The third kappa shape index (κ3) is 2.26. The summed E-state index contributed by atoms with van der Waals surface area (Å²) in [4.78, 5) is 27.3. The number of nitrogens with zero attached hydrogens (tertiary/aromatic N) is 1.